The molecule has 0 aliphatic carbocycles. The van der Waals surface area contributed by atoms with E-state index >= 15 is 0 Å². The Kier molecular flexibility index (Phi) is 4.47. The summed E-state index contributed by atoms with van der Waals surface area (Å²) in [7, 11) is 0. The molecule has 0 bridgehead atoms. The molecule has 1 aliphatic heterocycles. The van der Waals surface area contributed by atoms with Crippen LogP contribution in [0.2, 0.25) is 0 Å². The van der Waals surface area contributed by atoms with Gasteiger partial charge in [-0.15, -0.1) is 0 Å². The fourth-order valence-electron chi connectivity index (χ4n) is 4.01. The summed E-state index contributed by atoms with van der Waals surface area (Å²) < 4.78 is 1.40. The Bertz CT molecular complexity index is 902. The molecule has 2 aromatic rings. The zero-order chi connectivity index (χ0) is 18.3. The standard InChI is InChI=1S/C23H26N2/c1-7-21-18(6)22(19-10-14(2)8-15(3)11-19)25(24)23(21)20-12-16(4)9-17(5)13-20/h8-13H,7H2,1-6H3. The molecule has 0 amide bonds. The smallest absolute Gasteiger partial charge is 0.211 e. The van der Waals surface area contributed by atoms with Crippen molar-refractivity contribution in [2.24, 2.45) is 0 Å². The number of hydrogen-bond acceptors (Lipinski definition) is 0. The minimum Gasteiger partial charge on any atom is -0.493 e. The molecule has 1 aliphatic rings. The van der Waals surface area contributed by atoms with Crippen LogP contribution < -0.4 is 0 Å². The zero-order valence-corrected chi connectivity index (χ0v) is 16.1. The predicted octanol–water partition coefficient (Wildman–Crippen LogP) is 6.52. The van der Waals surface area contributed by atoms with Gasteiger partial charge >= 0.3 is 0 Å². The molecule has 25 heavy (non-hydrogen) atoms. The van der Waals surface area contributed by atoms with Crippen LogP contribution in [-0.2, 0) is 0 Å². The first kappa shape index (κ1) is 17.3. The first-order chi connectivity index (χ1) is 11.8. The van der Waals surface area contributed by atoms with E-state index in [1.807, 2.05) is 0 Å². The molecule has 2 nitrogen and oxygen atoms in total. The second kappa shape index (κ2) is 6.44. The topological polar surface area (TPSA) is 25.3 Å². The average Bonchev–Trinajstić information content (AvgIpc) is 2.75. The molecular formula is C23H26N2. The Morgan fingerprint density at radius 1 is 0.680 bits per heavy atom. The number of rotatable bonds is 3. The molecule has 0 saturated heterocycles. The van der Waals surface area contributed by atoms with Crippen LogP contribution in [0.25, 0.3) is 16.9 Å². The summed E-state index contributed by atoms with van der Waals surface area (Å²) in [6.07, 6.45) is 0.888. The van der Waals surface area contributed by atoms with Gasteiger partial charge in [-0.2, -0.15) is 0 Å². The van der Waals surface area contributed by atoms with Gasteiger partial charge in [0.25, 0.3) is 0 Å². The molecule has 2 aromatic carbocycles. The van der Waals surface area contributed by atoms with E-state index in [2.05, 4.69) is 77.9 Å². The molecule has 0 N–H and O–H groups in total. The van der Waals surface area contributed by atoms with Gasteiger partial charge in [0.1, 0.15) is 0 Å². The molecule has 128 valence electrons. The lowest BCUT2D eigenvalue weighted by molar-refractivity contribution is -0.345. The van der Waals surface area contributed by atoms with E-state index in [1.165, 1.54) is 32.5 Å². The Morgan fingerprint density at radius 2 is 1.08 bits per heavy atom. The van der Waals surface area contributed by atoms with Crippen molar-refractivity contribution < 1.29 is 4.70 Å². The fraction of sp³-hybridized carbons (Fsp3) is 0.304. The Balaban J connectivity index is 2.18. The van der Waals surface area contributed by atoms with Crippen LogP contribution in [0.1, 0.15) is 53.6 Å². The largest absolute Gasteiger partial charge is 0.493 e. The van der Waals surface area contributed by atoms with Crippen LogP contribution in [-0.4, -0.2) is 4.70 Å². The van der Waals surface area contributed by atoms with Crippen LogP contribution in [0.5, 0.6) is 0 Å². The van der Waals surface area contributed by atoms with Gasteiger partial charge in [-0.3, -0.25) is 0 Å². The van der Waals surface area contributed by atoms with Gasteiger partial charge in [0, 0.05) is 22.3 Å². The summed E-state index contributed by atoms with van der Waals surface area (Å²) in [4.78, 5) is 0. The Morgan fingerprint density at radius 3 is 1.48 bits per heavy atom. The highest BCUT2D eigenvalue weighted by Gasteiger charge is 2.32. The maximum absolute atomic E-state index is 11.1. The molecule has 0 saturated carbocycles. The summed E-state index contributed by atoms with van der Waals surface area (Å²) in [6.45, 7) is 12.7. The van der Waals surface area contributed by atoms with E-state index in [-0.39, 0.29) is 0 Å². The van der Waals surface area contributed by atoms with Gasteiger partial charge in [0.15, 0.2) is 0 Å². The van der Waals surface area contributed by atoms with Crippen molar-refractivity contribution in [1.82, 2.24) is 0 Å². The van der Waals surface area contributed by atoms with Crippen LogP contribution in [0.4, 0.5) is 0 Å². The summed E-state index contributed by atoms with van der Waals surface area (Å²) in [5.41, 5.74) is 22.3. The lowest BCUT2D eigenvalue weighted by atomic mass is 9.97. The van der Waals surface area contributed by atoms with Crippen molar-refractivity contribution in [3.63, 3.8) is 0 Å². The lowest BCUT2D eigenvalue weighted by Gasteiger charge is -2.11. The van der Waals surface area contributed by atoms with Gasteiger partial charge in [-0.25, -0.2) is 4.70 Å². The van der Waals surface area contributed by atoms with Crippen molar-refractivity contribution in [1.29, 1.82) is 0 Å². The second-order valence-corrected chi connectivity index (χ2v) is 7.22. The second-order valence-electron chi connectivity index (χ2n) is 7.22. The summed E-state index contributed by atoms with van der Waals surface area (Å²) >= 11 is 0. The molecule has 3 rings (SSSR count). The highest BCUT2D eigenvalue weighted by atomic mass is 15.2. The maximum Gasteiger partial charge on any atom is 0.211 e. The SMILES string of the molecule is CCC1=C(c2cc(C)cc(C)c2)[N+](=[N-])C(c2cc(C)cc(C)c2)=C1C. The molecule has 0 unspecified atom stereocenters. The first-order valence-electron chi connectivity index (χ1n) is 8.92. The van der Waals surface area contributed by atoms with E-state index < -0.39 is 0 Å². The molecule has 2 heteroatoms. The quantitative estimate of drug-likeness (QED) is 0.572. The number of aryl methyl sites for hydroxylation is 4. The fourth-order valence-corrected chi connectivity index (χ4v) is 4.01. The van der Waals surface area contributed by atoms with Crippen molar-refractivity contribution in [3.8, 4) is 0 Å². The average molecular weight is 330 g/mol. The van der Waals surface area contributed by atoms with Crippen LogP contribution in [0.3, 0.4) is 0 Å². The number of hydrogen-bond donors (Lipinski definition) is 0. The number of benzene rings is 2. The van der Waals surface area contributed by atoms with E-state index in [4.69, 9.17) is 0 Å². The van der Waals surface area contributed by atoms with Gasteiger partial charge in [-0.05, 0) is 65.3 Å². The third kappa shape index (κ3) is 3.09. The summed E-state index contributed by atoms with van der Waals surface area (Å²) in [6, 6.07) is 12.9. The molecule has 0 atom stereocenters. The Hall–Kier alpha value is -2.48. The monoisotopic (exact) mass is 330 g/mol. The van der Waals surface area contributed by atoms with Crippen LogP contribution in [0, 0.1) is 27.7 Å². The lowest BCUT2D eigenvalue weighted by Crippen LogP contribution is -2.03. The molecular weight excluding hydrogens is 304 g/mol. The Labute approximate surface area is 151 Å². The van der Waals surface area contributed by atoms with Crippen molar-refractivity contribution in [2.75, 3.05) is 0 Å². The highest BCUT2D eigenvalue weighted by molar-refractivity contribution is 5.82. The van der Waals surface area contributed by atoms with Crippen LogP contribution in [0.15, 0.2) is 47.5 Å². The number of allylic oxidation sites excluding steroid dienone is 2. The highest BCUT2D eigenvalue weighted by Crippen LogP contribution is 2.42. The number of nitrogens with zero attached hydrogens (tertiary/aromatic N) is 2. The third-order valence-electron chi connectivity index (χ3n) is 4.86. The zero-order valence-electron chi connectivity index (χ0n) is 16.1. The van der Waals surface area contributed by atoms with E-state index in [9.17, 15) is 5.53 Å². The van der Waals surface area contributed by atoms with E-state index in [0.29, 0.717) is 0 Å². The summed E-state index contributed by atoms with van der Waals surface area (Å²) in [5.74, 6) is 0. The van der Waals surface area contributed by atoms with Gasteiger partial charge in [0.2, 0.25) is 11.4 Å². The normalized spacial score (nSPS) is 14.7. The maximum atomic E-state index is 11.1. The minimum absolute atomic E-state index is 0.888. The molecule has 1 heterocycles. The third-order valence-corrected chi connectivity index (χ3v) is 4.86. The van der Waals surface area contributed by atoms with Crippen LogP contribution >= 0.6 is 0 Å². The van der Waals surface area contributed by atoms with Gasteiger partial charge in [-0.1, -0.05) is 41.3 Å². The van der Waals surface area contributed by atoms with Crippen molar-refractivity contribution in [2.45, 2.75) is 48.0 Å². The van der Waals surface area contributed by atoms with Crippen molar-refractivity contribution in [3.05, 3.63) is 86.5 Å². The van der Waals surface area contributed by atoms with Crippen molar-refractivity contribution >= 4 is 11.4 Å². The van der Waals surface area contributed by atoms with Gasteiger partial charge < -0.3 is 5.53 Å². The minimum atomic E-state index is 0.888. The predicted molar refractivity (Wildman–Crippen MR) is 105 cm³/mol. The molecule has 0 spiro atoms. The van der Waals surface area contributed by atoms with E-state index in [1.54, 1.807) is 0 Å². The molecule has 0 aromatic heterocycles. The molecule has 0 radical (unpaired) electrons. The van der Waals surface area contributed by atoms with Gasteiger partial charge in [0.05, 0.1) is 0 Å². The molecule has 0 fully saturated rings. The van der Waals surface area contributed by atoms with E-state index in [0.717, 1.165) is 34.5 Å². The first-order valence-corrected chi connectivity index (χ1v) is 8.92. The summed E-state index contributed by atoms with van der Waals surface area (Å²) in [5, 5.41) is 0.